The van der Waals surface area contributed by atoms with E-state index < -0.39 is 34.8 Å². The molecule has 2 aromatic rings. The Hall–Kier alpha value is -2.42. The van der Waals surface area contributed by atoms with Crippen LogP contribution in [0.5, 0.6) is 0 Å². The van der Waals surface area contributed by atoms with E-state index in [1.807, 2.05) is 0 Å². The van der Waals surface area contributed by atoms with Crippen LogP contribution in [0.1, 0.15) is 11.1 Å². The molecule has 25 heavy (non-hydrogen) atoms. The summed E-state index contributed by atoms with van der Waals surface area (Å²) in [6.07, 6.45) is 0.0302. The monoisotopic (exact) mass is 368 g/mol. The number of benzene rings is 1. The Balaban J connectivity index is 2.09. The second-order valence-electron chi connectivity index (χ2n) is 5.82. The average molecular weight is 368 g/mol. The number of carboxylic acid groups (broad SMARTS) is 1. The van der Waals surface area contributed by atoms with Crippen molar-refractivity contribution in [3.63, 3.8) is 0 Å². The number of fused-ring (bicyclic) bond motifs is 1. The van der Waals surface area contributed by atoms with E-state index in [0.29, 0.717) is 5.03 Å². The molecular weight excluding hydrogens is 354 g/mol. The second kappa shape index (κ2) is 6.47. The summed E-state index contributed by atoms with van der Waals surface area (Å²) in [7, 11) is 1.50. The van der Waals surface area contributed by atoms with Crippen molar-refractivity contribution in [2.24, 2.45) is 13.0 Å². The van der Waals surface area contributed by atoms with Gasteiger partial charge in [0.05, 0.1) is 17.5 Å². The summed E-state index contributed by atoms with van der Waals surface area (Å²) in [6, 6.07) is 3.14. The second-order valence-corrected chi connectivity index (χ2v) is 6.82. The Labute approximate surface area is 144 Å². The van der Waals surface area contributed by atoms with Crippen LogP contribution in [0.25, 0.3) is 0 Å². The van der Waals surface area contributed by atoms with Crippen LogP contribution in [-0.4, -0.2) is 26.0 Å². The van der Waals surface area contributed by atoms with Gasteiger partial charge in [-0.15, -0.1) is 11.8 Å². The van der Waals surface area contributed by atoms with Gasteiger partial charge in [0.25, 0.3) is 5.56 Å². The maximum Gasteiger partial charge on any atom is 0.331 e. The number of aromatic nitrogens is 2. The van der Waals surface area contributed by atoms with E-state index in [1.54, 1.807) is 0 Å². The summed E-state index contributed by atoms with van der Waals surface area (Å²) in [4.78, 5) is 36.4. The third-order valence-electron chi connectivity index (χ3n) is 4.13. The van der Waals surface area contributed by atoms with E-state index in [-0.39, 0.29) is 29.8 Å². The lowest BCUT2D eigenvalue weighted by Crippen LogP contribution is -2.44. The molecule has 1 aliphatic rings. The molecule has 0 radical (unpaired) electrons. The molecule has 0 bridgehead atoms. The van der Waals surface area contributed by atoms with E-state index >= 15 is 0 Å². The number of thioether (sulfide) groups is 1. The lowest BCUT2D eigenvalue weighted by atomic mass is 10.0. The van der Waals surface area contributed by atoms with E-state index in [1.165, 1.54) is 17.7 Å². The molecule has 1 aliphatic heterocycles. The highest BCUT2D eigenvalue weighted by atomic mass is 32.2. The first-order chi connectivity index (χ1) is 11.8. The SMILES string of the molecule is Cn1c2c(c(=O)n(Cc3ccc(F)c(F)c3)c1=O)CC(C(=O)O)CS2. The fourth-order valence-electron chi connectivity index (χ4n) is 2.77. The van der Waals surface area contributed by atoms with E-state index in [9.17, 15) is 28.3 Å². The van der Waals surface area contributed by atoms with Crippen LogP contribution in [-0.2, 0) is 24.8 Å². The van der Waals surface area contributed by atoms with Crippen LogP contribution in [0.3, 0.4) is 0 Å². The van der Waals surface area contributed by atoms with Crippen molar-refractivity contribution < 1.29 is 18.7 Å². The molecule has 1 atom stereocenters. The van der Waals surface area contributed by atoms with Crippen molar-refractivity contribution in [2.45, 2.75) is 18.0 Å². The summed E-state index contributed by atoms with van der Waals surface area (Å²) in [5.74, 6) is -3.52. The van der Waals surface area contributed by atoms with Crippen LogP contribution in [0.4, 0.5) is 8.78 Å². The predicted octanol–water partition coefficient (Wildman–Crippen LogP) is 1.22. The lowest BCUT2D eigenvalue weighted by molar-refractivity contribution is -0.140. The fraction of sp³-hybridized carbons (Fsp3) is 0.312. The molecule has 9 heteroatoms. The van der Waals surface area contributed by atoms with Crippen molar-refractivity contribution in [3.8, 4) is 0 Å². The molecule has 0 saturated heterocycles. The van der Waals surface area contributed by atoms with Gasteiger partial charge in [-0.2, -0.15) is 0 Å². The largest absolute Gasteiger partial charge is 0.481 e. The highest BCUT2D eigenvalue weighted by Gasteiger charge is 2.30. The normalized spacial score (nSPS) is 16.5. The number of nitrogens with zero attached hydrogens (tertiary/aromatic N) is 2. The molecule has 6 nitrogen and oxygen atoms in total. The Morgan fingerprint density at radius 1 is 1.32 bits per heavy atom. The smallest absolute Gasteiger partial charge is 0.331 e. The fourth-order valence-corrected chi connectivity index (χ4v) is 4.01. The van der Waals surface area contributed by atoms with Crippen LogP contribution in [0.2, 0.25) is 0 Å². The summed E-state index contributed by atoms with van der Waals surface area (Å²) in [5.41, 5.74) is -0.666. The van der Waals surface area contributed by atoms with Crippen LogP contribution >= 0.6 is 11.8 Å². The Bertz CT molecular complexity index is 983. The highest BCUT2D eigenvalue weighted by molar-refractivity contribution is 7.99. The van der Waals surface area contributed by atoms with Gasteiger partial charge < -0.3 is 5.11 Å². The molecule has 1 aromatic carbocycles. The maximum absolute atomic E-state index is 13.4. The van der Waals surface area contributed by atoms with Gasteiger partial charge in [0, 0.05) is 18.4 Å². The first-order valence-electron chi connectivity index (χ1n) is 7.41. The number of carbonyl (C=O) groups is 1. The quantitative estimate of drug-likeness (QED) is 0.824. The molecule has 1 unspecified atom stereocenters. The van der Waals surface area contributed by atoms with Crippen molar-refractivity contribution in [1.82, 2.24) is 9.13 Å². The Morgan fingerprint density at radius 2 is 2.04 bits per heavy atom. The van der Waals surface area contributed by atoms with Crippen molar-refractivity contribution in [3.05, 3.63) is 61.8 Å². The molecule has 1 N–H and O–H groups in total. The van der Waals surface area contributed by atoms with E-state index in [0.717, 1.165) is 28.5 Å². The van der Waals surface area contributed by atoms with Gasteiger partial charge >= 0.3 is 11.7 Å². The van der Waals surface area contributed by atoms with Gasteiger partial charge in [0.1, 0.15) is 0 Å². The Kier molecular flexibility index (Phi) is 4.51. The zero-order valence-corrected chi connectivity index (χ0v) is 14.0. The summed E-state index contributed by atoms with van der Waals surface area (Å²) in [6.45, 7) is -0.224. The van der Waals surface area contributed by atoms with Crippen LogP contribution in [0, 0.1) is 17.6 Å². The van der Waals surface area contributed by atoms with Crippen LogP contribution < -0.4 is 11.2 Å². The number of aliphatic carboxylic acids is 1. The first-order valence-corrected chi connectivity index (χ1v) is 8.40. The molecule has 0 fully saturated rings. The molecule has 2 heterocycles. The van der Waals surface area contributed by atoms with Gasteiger partial charge in [-0.1, -0.05) is 6.07 Å². The average Bonchev–Trinajstić information content (AvgIpc) is 2.59. The topological polar surface area (TPSA) is 81.3 Å². The number of halogens is 2. The number of hydrogen-bond donors (Lipinski definition) is 1. The number of hydrogen-bond acceptors (Lipinski definition) is 4. The first kappa shape index (κ1) is 17.4. The van der Waals surface area contributed by atoms with E-state index in [4.69, 9.17) is 0 Å². The minimum Gasteiger partial charge on any atom is -0.481 e. The van der Waals surface area contributed by atoms with Crippen molar-refractivity contribution >= 4 is 17.7 Å². The molecule has 0 spiro atoms. The van der Waals surface area contributed by atoms with Crippen LogP contribution in [0.15, 0.2) is 32.8 Å². The third-order valence-corrected chi connectivity index (χ3v) is 5.49. The lowest BCUT2D eigenvalue weighted by Gasteiger charge is -2.23. The van der Waals surface area contributed by atoms with Gasteiger partial charge in [-0.05, 0) is 24.1 Å². The summed E-state index contributed by atoms with van der Waals surface area (Å²) in [5, 5.41) is 9.62. The van der Waals surface area contributed by atoms with Gasteiger partial charge in [0.15, 0.2) is 11.6 Å². The zero-order chi connectivity index (χ0) is 18.3. The Morgan fingerprint density at radius 3 is 2.68 bits per heavy atom. The molecule has 0 aliphatic carbocycles. The van der Waals surface area contributed by atoms with Gasteiger partial charge in [-0.3, -0.25) is 18.7 Å². The molecule has 132 valence electrons. The number of rotatable bonds is 3. The summed E-state index contributed by atoms with van der Waals surface area (Å²) >= 11 is 1.16. The zero-order valence-electron chi connectivity index (χ0n) is 13.2. The minimum atomic E-state index is -1.07. The standard InChI is InChI=1S/C16H14F2N2O4S/c1-19-14-10(5-9(7-25-14)15(22)23)13(21)20(16(19)24)6-8-2-3-11(17)12(18)4-8/h2-4,9H,5-7H2,1H3,(H,22,23). The minimum absolute atomic E-state index is 0.0302. The summed E-state index contributed by atoms with van der Waals surface area (Å²) < 4.78 is 28.6. The predicted molar refractivity (Wildman–Crippen MR) is 87.0 cm³/mol. The van der Waals surface area contributed by atoms with Gasteiger partial charge in [0.2, 0.25) is 0 Å². The van der Waals surface area contributed by atoms with Crippen molar-refractivity contribution in [2.75, 3.05) is 5.75 Å². The maximum atomic E-state index is 13.4. The molecular formula is C16H14F2N2O4S. The highest BCUT2D eigenvalue weighted by Crippen LogP contribution is 2.30. The number of carboxylic acids is 1. The molecule has 0 saturated carbocycles. The van der Waals surface area contributed by atoms with E-state index in [2.05, 4.69) is 0 Å². The molecule has 1 aromatic heterocycles. The third kappa shape index (κ3) is 3.11. The van der Waals surface area contributed by atoms with Gasteiger partial charge in [-0.25, -0.2) is 13.6 Å². The van der Waals surface area contributed by atoms with Crippen molar-refractivity contribution in [1.29, 1.82) is 0 Å². The molecule has 0 amide bonds. The molecule has 3 rings (SSSR count).